The lowest BCUT2D eigenvalue weighted by Gasteiger charge is -2.21. The van der Waals surface area contributed by atoms with Crippen molar-refractivity contribution in [1.29, 1.82) is 0 Å². The second kappa shape index (κ2) is 4.22. The van der Waals surface area contributed by atoms with Crippen LogP contribution in [0, 0.1) is 5.92 Å². The normalized spacial score (nSPS) is 21.4. The standard InChI is InChI=1S/C12H15N3O/c1-3-9(8-13-5-1)7-11-10-4-2-6-14-12(10)16-15-11/h2,4,6,9,13H,1,3,5,7-8H2. The molecule has 16 heavy (non-hydrogen) atoms. The summed E-state index contributed by atoms with van der Waals surface area (Å²) in [5.41, 5.74) is 1.71. The van der Waals surface area contributed by atoms with Crippen molar-refractivity contribution in [2.24, 2.45) is 5.92 Å². The van der Waals surface area contributed by atoms with E-state index in [9.17, 15) is 0 Å². The SMILES string of the molecule is c1cnc2onc(CC3CCCNC3)c2c1. The molecule has 1 aliphatic rings. The second-order valence-corrected chi connectivity index (χ2v) is 4.40. The van der Waals surface area contributed by atoms with Crippen LogP contribution in [0.2, 0.25) is 0 Å². The molecule has 2 aromatic rings. The Morgan fingerprint density at radius 3 is 3.38 bits per heavy atom. The fourth-order valence-electron chi connectivity index (χ4n) is 2.35. The molecule has 0 spiro atoms. The highest BCUT2D eigenvalue weighted by Crippen LogP contribution is 2.21. The van der Waals surface area contributed by atoms with E-state index < -0.39 is 0 Å². The molecule has 3 rings (SSSR count). The van der Waals surface area contributed by atoms with Gasteiger partial charge in [-0.05, 0) is 50.4 Å². The largest absolute Gasteiger partial charge is 0.336 e. The summed E-state index contributed by atoms with van der Waals surface area (Å²) in [6, 6.07) is 3.96. The molecule has 0 aromatic carbocycles. The average Bonchev–Trinajstić information content (AvgIpc) is 2.74. The predicted molar refractivity (Wildman–Crippen MR) is 61.1 cm³/mol. The Labute approximate surface area is 94.0 Å². The van der Waals surface area contributed by atoms with E-state index in [2.05, 4.69) is 15.5 Å². The predicted octanol–water partition coefficient (Wildman–Crippen LogP) is 1.76. The van der Waals surface area contributed by atoms with Crippen LogP contribution in [-0.2, 0) is 6.42 Å². The van der Waals surface area contributed by atoms with Crippen molar-refractivity contribution in [1.82, 2.24) is 15.5 Å². The maximum absolute atomic E-state index is 5.21. The van der Waals surface area contributed by atoms with Crippen molar-refractivity contribution >= 4 is 11.1 Å². The first-order valence-corrected chi connectivity index (χ1v) is 5.83. The number of aromatic nitrogens is 2. The Morgan fingerprint density at radius 1 is 1.50 bits per heavy atom. The number of nitrogens with one attached hydrogen (secondary N) is 1. The number of hydrogen-bond donors (Lipinski definition) is 1. The molecule has 0 amide bonds. The summed E-state index contributed by atoms with van der Waals surface area (Å²) < 4.78 is 5.21. The van der Waals surface area contributed by atoms with E-state index >= 15 is 0 Å². The quantitative estimate of drug-likeness (QED) is 0.832. The molecule has 0 bridgehead atoms. The van der Waals surface area contributed by atoms with E-state index in [1.165, 1.54) is 12.8 Å². The van der Waals surface area contributed by atoms with Gasteiger partial charge in [0, 0.05) is 6.20 Å². The fraction of sp³-hybridized carbons (Fsp3) is 0.500. The Balaban J connectivity index is 1.83. The third-order valence-electron chi connectivity index (χ3n) is 3.21. The number of pyridine rings is 1. The molecular formula is C12H15N3O. The highest BCUT2D eigenvalue weighted by molar-refractivity contribution is 5.75. The number of hydrogen-bond acceptors (Lipinski definition) is 4. The molecule has 1 aliphatic heterocycles. The van der Waals surface area contributed by atoms with Crippen molar-refractivity contribution < 1.29 is 4.52 Å². The van der Waals surface area contributed by atoms with E-state index in [-0.39, 0.29) is 0 Å². The van der Waals surface area contributed by atoms with Gasteiger partial charge in [0.15, 0.2) is 0 Å². The Bertz CT molecular complexity index is 474. The van der Waals surface area contributed by atoms with Crippen molar-refractivity contribution in [3.05, 3.63) is 24.0 Å². The van der Waals surface area contributed by atoms with Crippen molar-refractivity contribution in [3.63, 3.8) is 0 Å². The van der Waals surface area contributed by atoms with E-state index in [1.54, 1.807) is 6.20 Å². The zero-order valence-corrected chi connectivity index (χ0v) is 9.15. The number of piperidine rings is 1. The molecule has 1 fully saturated rings. The summed E-state index contributed by atoms with van der Waals surface area (Å²) in [6.45, 7) is 2.24. The van der Waals surface area contributed by atoms with E-state index in [4.69, 9.17) is 4.52 Å². The van der Waals surface area contributed by atoms with E-state index in [0.29, 0.717) is 11.6 Å². The molecule has 4 heteroatoms. The highest BCUT2D eigenvalue weighted by Gasteiger charge is 2.17. The van der Waals surface area contributed by atoms with Crippen LogP contribution in [0.5, 0.6) is 0 Å². The van der Waals surface area contributed by atoms with Gasteiger partial charge in [0.25, 0.3) is 5.71 Å². The van der Waals surface area contributed by atoms with Crippen LogP contribution in [0.4, 0.5) is 0 Å². The van der Waals surface area contributed by atoms with Crippen molar-refractivity contribution in [2.45, 2.75) is 19.3 Å². The summed E-state index contributed by atoms with van der Waals surface area (Å²) in [6.07, 6.45) is 5.27. The summed E-state index contributed by atoms with van der Waals surface area (Å²) in [5.74, 6) is 0.683. The van der Waals surface area contributed by atoms with Gasteiger partial charge in [0.2, 0.25) is 0 Å². The fourth-order valence-corrected chi connectivity index (χ4v) is 2.35. The van der Waals surface area contributed by atoms with E-state index in [1.807, 2.05) is 12.1 Å². The van der Waals surface area contributed by atoms with Gasteiger partial charge < -0.3 is 9.84 Å². The maximum atomic E-state index is 5.21. The Hall–Kier alpha value is -1.42. The van der Waals surface area contributed by atoms with Crippen LogP contribution < -0.4 is 5.32 Å². The monoisotopic (exact) mass is 217 g/mol. The van der Waals surface area contributed by atoms with Gasteiger partial charge in [-0.1, -0.05) is 5.16 Å². The zero-order valence-electron chi connectivity index (χ0n) is 9.15. The van der Waals surface area contributed by atoms with Crippen LogP contribution in [0.3, 0.4) is 0 Å². The molecule has 3 heterocycles. The minimum atomic E-state index is 0.654. The van der Waals surface area contributed by atoms with Crippen molar-refractivity contribution in [2.75, 3.05) is 13.1 Å². The molecule has 84 valence electrons. The summed E-state index contributed by atoms with van der Waals surface area (Å²) in [4.78, 5) is 4.15. The molecule has 1 N–H and O–H groups in total. The minimum absolute atomic E-state index is 0.654. The molecule has 4 nitrogen and oxygen atoms in total. The lowest BCUT2D eigenvalue weighted by Crippen LogP contribution is -2.30. The second-order valence-electron chi connectivity index (χ2n) is 4.40. The van der Waals surface area contributed by atoms with Crippen LogP contribution in [-0.4, -0.2) is 23.2 Å². The maximum Gasteiger partial charge on any atom is 0.257 e. The topological polar surface area (TPSA) is 51.0 Å². The van der Waals surface area contributed by atoms with Crippen molar-refractivity contribution in [3.8, 4) is 0 Å². The Kier molecular flexibility index (Phi) is 2.58. The van der Waals surface area contributed by atoms with Crippen LogP contribution >= 0.6 is 0 Å². The van der Waals surface area contributed by atoms with Gasteiger partial charge in [-0.3, -0.25) is 0 Å². The highest BCUT2D eigenvalue weighted by atomic mass is 16.5. The third kappa shape index (κ3) is 1.80. The Morgan fingerprint density at radius 2 is 2.50 bits per heavy atom. The van der Waals surface area contributed by atoms with Crippen LogP contribution in [0.15, 0.2) is 22.9 Å². The zero-order chi connectivity index (χ0) is 10.8. The summed E-state index contributed by atoms with van der Waals surface area (Å²) >= 11 is 0. The number of nitrogens with zero attached hydrogens (tertiary/aromatic N) is 2. The van der Waals surface area contributed by atoms with Gasteiger partial charge in [-0.25, -0.2) is 4.98 Å². The van der Waals surface area contributed by atoms with Gasteiger partial charge >= 0.3 is 0 Å². The van der Waals surface area contributed by atoms with E-state index in [0.717, 1.165) is 30.6 Å². The van der Waals surface area contributed by atoms with Gasteiger partial charge in [-0.2, -0.15) is 0 Å². The first-order chi connectivity index (χ1) is 7.93. The molecule has 1 saturated heterocycles. The van der Waals surface area contributed by atoms with Gasteiger partial charge in [-0.15, -0.1) is 0 Å². The van der Waals surface area contributed by atoms with Crippen LogP contribution in [0.1, 0.15) is 18.5 Å². The summed E-state index contributed by atoms with van der Waals surface area (Å²) in [5, 5.41) is 8.61. The molecule has 2 aromatic heterocycles. The molecular weight excluding hydrogens is 202 g/mol. The van der Waals surface area contributed by atoms with Gasteiger partial charge in [0.05, 0.1) is 11.1 Å². The first kappa shape index (κ1) is 9.78. The van der Waals surface area contributed by atoms with Gasteiger partial charge in [0.1, 0.15) is 0 Å². The molecule has 0 saturated carbocycles. The summed E-state index contributed by atoms with van der Waals surface area (Å²) in [7, 11) is 0. The number of fused-ring (bicyclic) bond motifs is 1. The average molecular weight is 217 g/mol. The molecule has 1 atom stereocenters. The van der Waals surface area contributed by atoms with Crippen LogP contribution in [0.25, 0.3) is 11.1 Å². The smallest absolute Gasteiger partial charge is 0.257 e. The first-order valence-electron chi connectivity index (χ1n) is 5.83. The molecule has 0 aliphatic carbocycles. The number of rotatable bonds is 2. The lowest BCUT2D eigenvalue weighted by molar-refractivity contribution is 0.363. The molecule has 1 unspecified atom stereocenters. The molecule has 0 radical (unpaired) electrons. The minimum Gasteiger partial charge on any atom is -0.336 e. The lowest BCUT2D eigenvalue weighted by atomic mass is 9.94. The third-order valence-corrected chi connectivity index (χ3v) is 3.21.